The van der Waals surface area contributed by atoms with Crippen molar-refractivity contribution < 1.29 is 14.3 Å². The van der Waals surface area contributed by atoms with Gasteiger partial charge in [0.15, 0.2) is 0 Å². The van der Waals surface area contributed by atoms with Gasteiger partial charge >= 0.3 is 5.97 Å². The molecule has 0 aliphatic carbocycles. The van der Waals surface area contributed by atoms with E-state index in [4.69, 9.17) is 17.0 Å². The number of carbonyl (C=O) groups is 2. The quantitative estimate of drug-likeness (QED) is 0.355. The number of hydrogen-bond acceptors (Lipinski definition) is 8. The van der Waals surface area contributed by atoms with Crippen molar-refractivity contribution in [3.8, 4) is 6.07 Å². The first kappa shape index (κ1) is 25.0. The highest BCUT2D eigenvalue weighted by atomic mass is 32.2. The average molecular weight is 489 g/mol. The normalized spacial score (nSPS) is 20.0. The van der Waals surface area contributed by atoms with Gasteiger partial charge in [-0.05, 0) is 52.2 Å². The van der Waals surface area contributed by atoms with Crippen LogP contribution in [0.15, 0.2) is 9.70 Å². The molecule has 2 aliphatic heterocycles. The molecular weight excluding hydrogens is 460 g/mol. The van der Waals surface area contributed by atoms with Crippen molar-refractivity contribution in [3.63, 3.8) is 0 Å². The number of nitriles is 1. The predicted octanol–water partition coefficient (Wildman–Crippen LogP) is 2.95. The summed E-state index contributed by atoms with van der Waals surface area (Å²) in [4.78, 5) is 42.4. The summed E-state index contributed by atoms with van der Waals surface area (Å²) < 4.78 is 7.14. The minimum Gasteiger partial charge on any atom is -0.466 e. The minimum absolute atomic E-state index is 0.0331. The van der Waals surface area contributed by atoms with Crippen LogP contribution in [-0.2, 0) is 21.4 Å². The van der Waals surface area contributed by atoms with Gasteiger partial charge in [0.25, 0.3) is 11.5 Å². The van der Waals surface area contributed by atoms with Crippen LogP contribution in [0.25, 0.3) is 6.08 Å². The lowest BCUT2D eigenvalue weighted by Crippen LogP contribution is -2.42. The number of carbonyl (C=O) groups excluding carboxylic acids is 2. The summed E-state index contributed by atoms with van der Waals surface area (Å²) in [5.74, 6) is -0.172. The number of hydrogen-bond donors (Lipinski definition) is 0. The molecule has 10 heteroatoms. The Hall–Kier alpha value is -2.64. The van der Waals surface area contributed by atoms with Crippen LogP contribution in [0, 0.1) is 24.2 Å². The molecule has 176 valence electrons. The molecule has 1 atom stereocenters. The second-order valence-corrected chi connectivity index (χ2v) is 10.1. The lowest BCUT2D eigenvalue weighted by Gasteiger charge is -2.35. The van der Waals surface area contributed by atoms with Crippen LogP contribution < -0.4 is 10.5 Å². The van der Waals surface area contributed by atoms with Crippen molar-refractivity contribution in [1.82, 2.24) is 9.47 Å². The van der Waals surface area contributed by atoms with Crippen molar-refractivity contribution in [1.29, 1.82) is 5.26 Å². The smallest absolute Gasteiger partial charge is 0.310 e. The summed E-state index contributed by atoms with van der Waals surface area (Å²) in [6.07, 6.45) is 3.19. The maximum Gasteiger partial charge on any atom is 0.310 e. The summed E-state index contributed by atoms with van der Waals surface area (Å²) in [7, 11) is 1.61. The van der Waals surface area contributed by atoms with Gasteiger partial charge in [-0.3, -0.25) is 23.9 Å². The van der Waals surface area contributed by atoms with E-state index in [2.05, 4.69) is 0 Å². The first-order chi connectivity index (χ1) is 15.6. The average Bonchev–Trinajstić information content (AvgIpc) is 3.05. The number of esters is 1. The molecule has 2 saturated heterocycles. The van der Waals surface area contributed by atoms with Gasteiger partial charge in [0.1, 0.15) is 21.8 Å². The van der Waals surface area contributed by atoms with Crippen molar-refractivity contribution in [2.45, 2.75) is 46.6 Å². The number of anilines is 1. The number of amides is 1. The number of thioether (sulfide) groups is 1. The van der Waals surface area contributed by atoms with Crippen molar-refractivity contribution in [2.24, 2.45) is 13.0 Å². The number of rotatable bonds is 5. The molecule has 0 aromatic carbocycles. The summed E-state index contributed by atoms with van der Waals surface area (Å²) in [6, 6.07) is 1.93. The zero-order valence-electron chi connectivity index (χ0n) is 19.5. The Morgan fingerprint density at radius 1 is 1.39 bits per heavy atom. The minimum atomic E-state index is -0.407. The molecule has 0 saturated carbocycles. The summed E-state index contributed by atoms with van der Waals surface area (Å²) in [5.41, 5.74) is 0.743. The fourth-order valence-corrected chi connectivity index (χ4v) is 5.78. The van der Waals surface area contributed by atoms with Crippen LogP contribution in [0.1, 0.15) is 50.3 Å². The Balaban J connectivity index is 2.15. The largest absolute Gasteiger partial charge is 0.466 e. The Labute approximate surface area is 203 Å². The van der Waals surface area contributed by atoms with E-state index >= 15 is 0 Å². The number of nitrogens with zero attached hydrogens (tertiary/aromatic N) is 4. The fourth-order valence-electron chi connectivity index (χ4n) is 4.27. The molecule has 2 fully saturated rings. The summed E-state index contributed by atoms with van der Waals surface area (Å²) in [6.45, 7) is 8.63. The van der Waals surface area contributed by atoms with Crippen LogP contribution in [0.3, 0.4) is 0 Å². The molecule has 3 rings (SSSR count). The predicted molar refractivity (Wildman–Crippen MR) is 133 cm³/mol. The Morgan fingerprint density at radius 3 is 2.67 bits per heavy atom. The van der Waals surface area contributed by atoms with E-state index in [0.717, 1.165) is 6.42 Å². The zero-order valence-corrected chi connectivity index (χ0v) is 21.1. The van der Waals surface area contributed by atoms with E-state index in [1.807, 2.05) is 24.8 Å². The molecule has 8 nitrogen and oxygen atoms in total. The van der Waals surface area contributed by atoms with Gasteiger partial charge in [-0.15, -0.1) is 0 Å². The van der Waals surface area contributed by atoms with Gasteiger partial charge in [-0.2, -0.15) is 5.26 Å². The first-order valence-corrected chi connectivity index (χ1v) is 12.2. The highest BCUT2D eigenvalue weighted by molar-refractivity contribution is 8.26. The zero-order chi connectivity index (χ0) is 24.4. The molecule has 0 bridgehead atoms. The molecule has 1 aromatic heterocycles. The maximum absolute atomic E-state index is 13.0. The van der Waals surface area contributed by atoms with Gasteiger partial charge in [0.05, 0.1) is 17.4 Å². The molecule has 0 spiro atoms. The van der Waals surface area contributed by atoms with Crippen LogP contribution in [0.4, 0.5) is 5.82 Å². The van der Waals surface area contributed by atoms with Crippen LogP contribution in [0.2, 0.25) is 0 Å². The Morgan fingerprint density at radius 2 is 2.09 bits per heavy atom. The summed E-state index contributed by atoms with van der Waals surface area (Å²) >= 11 is 6.61. The molecule has 1 amide bonds. The monoisotopic (exact) mass is 488 g/mol. The topological polar surface area (TPSA) is 95.6 Å². The highest BCUT2D eigenvalue weighted by Crippen LogP contribution is 2.37. The lowest BCUT2D eigenvalue weighted by molar-refractivity contribution is -0.148. The number of piperidine rings is 1. The van der Waals surface area contributed by atoms with E-state index in [1.54, 1.807) is 31.9 Å². The third-order valence-electron chi connectivity index (χ3n) is 5.92. The molecule has 3 heterocycles. The van der Waals surface area contributed by atoms with Crippen LogP contribution >= 0.6 is 24.0 Å². The fraction of sp³-hybridized carbons (Fsp3) is 0.522. The van der Waals surface area contributed by atoms with Crippen molar-refractivity contribution in [3.05, 3.63) is 31.9 Å². The van der Waals surface area contributed by atoms with Gasteiger partial charge in [0, 0.05) is 31.7 Å². The van der Waals surface area contributed by atoms with Gasteiger partial charge < -0.3 is 9.64 Å². The van der Waals surface area contributed by atoms with E-state index in [0.29, 0.717) is 52.3 Å². The number of thiocarbonyl (C=S) groups is 1. The second kappa shape index (κ2) is 10.1. The van der Waals surface area contributed by atoms with E-state index in [1.165, 1.54) is 16.3 Å². The van der Waals surface area contributed by atoms with Crippen LogP contribution in [-0.4, -0.2) is 51.4 Å². The highest BCUT2D eigenvalue weighted by Gasteiger charge is 2.35. The van der Waals surface area contributed by atoms with Crippen molar-refractivity contribution >= 4 is 52.1 Å². The number of aromatic nitrogens is 1. The van der Waals surface area contributed by atoms with Crippen LogP contribution in [0.5, 0.6) is 0 Å². The molecule has 0 N–H and O–H groups in total. The first-order valence-electron chi connectivity index (χ1n) is 10.9. The van der Waals surface area contributed by atoms with Gasteiger partial charge in [-0.25, -0.2) is 0 Å². The molecule has 33 heavy (non-hydrogen) atoms. The van der Waals surface area contributed by atoms with E-state index in [-0.39, 0.29) is 29.4 Å². The summed E-state index contributed by atoms with van der Waals surface area (Å²) in [5, 5.41) is 9.63. The molecule has 1 aromatic rings. The van der Waals surface area contributed by atoms with E-state index in [9.17, 15) is 19.6 Å². The third-order valence-corrected chi connectivity index (χ3v) is 7.25. The SMILES string of the molecule is CCOC(=O)C1CCCN(c2c(C=C3SC(=S)N(C(C)C)C3=O)c(C)c(C#N)c(=O)n2C)C1. The Kier molecular flexibility index (Phi) is 7.65. The lowest BCUT2D eigenvalue weighted by atomic mass is 9.96. The molecule has 1 unspecified atom stereocenters. The third kappa shape index (κ3) is 4.70. The second-order valence-electron chi connectivity index (χ2n) is 8.40. The molecular formula is C23H28N4O4S2. The number of ether oxygens (including phenoxy) is 1. The van der Waals surface area contributed by atoms with E-state index < -0.39 is 5.56 Å². The van der Waals surface area contributed by atoms with Gasteiger partial charge in [-0.1, -0.05) is 24.0 Å². The molecule has 0 radical (unpaired) electrons. The van der Waals surface area contributed by atoms with Crippen molar-refractivity contribution in [2.75, 3.05) is 24.6 Å². The standard InChI is InChI=1S/C23H28N4O4S2/c1-6-31-22(30)15-8-7-9-26(12-15)19-16(14(4)17(11-24)20(28)25(19)5)10-18-21(29)27(13(2)3)23(32)33-18/h10,13,15H,6-9,12H2,1-5H3. The maximum atomic E-state index is 13.0. The van der Waals surface area contributed by atoms with Gasteiger partial charge in [0.2, 0.25) is 0 Å². The molecule has 2 aliphatic rings. The number of pyridine rings is 1. The Bertz CT molecular complexity index is 1130.